The van der Waals surface area contributed by atoms with Crippen molar-refractivity contribution in [2.24, 2.45) is 0 Å². The predicted molar refractivity (Wildman–Crippen MR) is 67.0 cm³/mol. The fourth-order valence-corrected chi connectivity index (χ4v) is 2.79. The number of nitrogens with one attached hydrogen (secondary N) is 1. The number of imide groups is 1. The van der Waals surface area contributed by atoms with E-state index in [0.29, 0.717) is 4.88 Å². The summed E-state index contributed by atoms with van der Waals surface area (Å²) in [6.07, 6.45) is -0.841. The van der Waals surface area contributed by atoms with E-state index in [1.807, 2.05) is 0 Å². The smallest absolute Gasteiger partial charge is 0.304 e. The van der Waals surface area contributed by atoms with Crippen molar-refractivity contribution in [2.75, 3.05) is 18.0 Å². The molecular weight excluding hydrogens is 274 g/mol. The van der Waals surface area contributed by atoms with Crippen LogP contribution in [0.15, 0.2) is 6.07 Å². The van der Waals surface area contributed by atoms with Gasteiger partial charge in [-0.05, 0) is 6.92 Å². The minimum atomic E-state index is -0.841. The molecule has 0 spiro atoms. The Labute approximate surface area is 111 Å². The number of carbonyl (C=O) groups is 2. The molecule has 2 amide bonds. The van der Waals surface area contributed by atoms with Crippen LogP contribution < -0.4 is 10.2 Å². The first kappa shape index (κ1) is 13.4. The number of rotatable bonds is 3. The van der Waals surface area contributed by atoms with Crippen molar-refractivity contribution >= 4 is 33.8 Å². The normalized spacial score (nSPS) is 17.3. The maximum absolute atomic E-state index is 11.3. The van der Waals surface area contributed by atoms with Crippen molar-refractivity contribution in [3.05, 3.63) is 21.1 Å². The topological polar surface area (TPSA) is 113 Å². The molecule has 2 heterocycles. The number of nitrogens with zero attached hydrogens (tertiary/aromatic N) is 2. The van der Waals surface area contributed by atoms with Crippen LogP contribution in [0.3, 0.4) is 0 Å². The van der Waals surface area contributed by atoms with Crippen molar-refractivity contribution in [1.82, 2.24) is 5.32 Å². The van der Waals surface area contributed by atoms with E-state index < -0.39 is 22.8 Å². The number of anilines is 1. The van der Waals surface area contributed by atoms with Gasteiger partial charge in [-0.15, -0.1) is 11.3 Å². The molecule has 1 aliphatic rings. The summed E-state index contributed by atoms with van der Waals surface area (Å²) >= 11 is 1.01. The number of hydrogen-bond donors (Lipinski definition) is 2. The maximum Gasteiger partial charge on any atom is 0.304 e. The SMILES string of the molecule is CC(O)c1cc([N+](=O)[O-])c(N2CC(=O)NC(=O)C2)s1. The minimum absolute atomic E-state index is 0.119. The highest BCUT2D eigenvalue weighted by atomic mass is 32.1. The Balaban J connectivity index is 2.39. The summed E-state index contributed by atoms with van der Waals surface area (Å²) in [6.45, 7) is 1.26. The van der Waals surface area contributed by atoms with Crippen LogP contribution in [0.1, 0.15) is 17.9 Å². The zero-order chi connectivity index (χ0) is 14.2. The number of carbonyl (C=O) groups excluding carboxylic acids is 2. The van der Waals surface area contributed by atoms with Crippen LogP contribution in [0.25, 0.3) is 0 Å². The lowest BCUT2D eigenvalue weighted by Gasteiger charge is -2.25. The van der Waals surface area contributed by atoms with E-state index in [1.165, 1.54) is 17.9 Å². The number of piperazine rings is 1. The molecule has 2 N–H and O–H groups in total. The third-order valence-electron chi connectivity index (χ3n) is 2.56. The molecule has 9 heteroatoms. The van der Waals surface area contributed by atoms with Crippen molar-refractivity contribution in [2.45, 2.75) is 13.0 Å². The summed E-state index contributed by atoms with van der Waals surface area (Å²) in [6, 6.07) is 1.27. The molecular formula is C10H11N3O5S. The van der Waals surface area contributed by atoms with E-state index in [2.05, 4.69) is 5.32 Å². The van der Waals surface area contributed by atoms with Crippen molar-refractivity contribution in [3.8, 4) is 0 Å². The highest BCUT2D eigenvalue weighted by Gasteiger charge is 2.30. The summed E-state index contributed by atoms with van der Waals surface area (Å²) in [5, 5.41) is 22.8. The second-order valence-corrected chi connectivity index (χ2v) is 5.16. The van der Waals surface area contributed by atoms with Gasteiger partial charge in [0.25, 0.3) is 0 Å². The van der Waals surface area contributed by atoms with Gasteiger partial charge in [-0.25, -0.2) is 0 Å². The second kappa shape index (κ2) is 4.94. The van der Waals surface area contributed by atoms with Gasteiger partial charge in [-0.1, -0.05) is 0 Å². The van der Waals surface area contributed by atoms with E-state index in [4.69, 9.17) is 0 Å². The quantitative estimate of drug-likeness (QED) is 0.465. The molecule has 1 aromatic heterocycles. The van der Waals surface area contributed by atoms with Crippen molar-refractivity contribution in [1.29, 1.82) is 0 Å². The molecule has 1 fully saturated rings. The molecule has 1 saturated heterocycles. The molecule has 1 atom stereocenters. The van der Waals surface area contributed by atoms with Crippen LogP contribution in [0, 0.1) is 10.1 Å². The van der Waals surface area contributed by atoms with Gasteiger partial charge in [0.1, 0.15) is 0 Å². The van der Waals surface area contributed by atoms with Gasteiger partial charge in [0, 0.05) is 10.9 Å². The van der Waals surface area contributed by atoms with E-state index in [0.717, 1.165) is 11.3 Å². The lowest BCUT2D eigenvalue weighted by atomic mass is 10.3. The first-order chi connectivity index (χ1) is 8.88. The summed E-state index contributed by atoms with van der Waals surface area (Å²) in [5.74, 6) is -1.00. The minimum Gasteiger partial charge on any atom is -0.388 e. The molecule has 0 saturated carbocycles. The summed E-state index contributed by atoms with van der Waals surface area (Å²) in [7, 11) is 0. The summed E-state index contributed by atoms with van der Waals surface area (Å²) in [5.41, 5.74) is -0.205. The Kier molecular flexibility index (Phi) is 3.49. The molecule has 1 aromatic rings. The molecule has 102 valence electrons. The van der Waals surface area contributed by atoms with Gasteiger partial charge in [0.05, 0.1) is 24.1 Å². The third kappa shape index (κ3) is 2.71. The van der Waals surface area contributed by atoms with E-state index >= 15 is 0 Å². The fourth-order valence-electron chi connectivity index (χ4n) is 1.73. The number of aliphatic hydroxyl groups excluding tert-OH is 1. The van der Waals surface area contributed by atoms with Gasteiger partial charge >= 0.3 is 5.69 Å². The summed E-state index contributed by atoms with van der Waals surface area (Å²) in [4.78, 5) is 34.7. The zero-order valence-corrected chi connectivity index (χ0v) is 10.8. The van der Waals surface area contributed by atoms with E-state index in [9.17, 15) is 24.8 Å². The van der Waals surface area contributed by atoms with Gasteiger partial charge in [-0.2, -0.15) is 0 Å². The van der Waals surface area contributed by atoms with Gasteiger partial charge in [0.2, 0.25) is 11.8 Å². The van der Waals surface area contributed by atoms with E-state index in [-0.39, 0.29) is 23.8 Å². The van der Waals surface area contributed by atoms with Crippen molar-refractivity contribution < 1.29 is 19.6 Å². The van der Waals surface area contributed by atoms with Crippen LogP contribution in [0.5, 0.6) is 0 Å². The Morgan fingerprint density at radius 2 is 2.05 bits per heavy atom. The molecule has 0 aromatic carbocycles. The molecule has 0 radical (unpaired) electrons. The molecule has 0 aliphatic carbocycles. The summed E-state index contributed by atoms with van der Waals surface area (Å²) < 4.78 is 0. The standard InChI is InChI=1S/C10H11N3O5S/c1-5(14)7-2-6(13(17)18)10(19-7)12-3-8(15)11-9(16)4-12/h2,5,14H,3-4H2,1H3,(H,11,15,16). The van der Waals surface area contributed by atoms with Crippen LogP contribution in [-0.4, -0.2) is 34.9 Å². The fraction of sp³-hybridized carbons (Fsp3) is 0.400. The Hall–Kier alpha value is -2.00. The molecule has 1 aliphatic heterocycles. The lowest BCUT2D eigenvalue weighted by Crippen LogP contribution is -2.51. The Bertz CT molecular complexity index is 537. The first-order valence-corrected chi connectivity index (χ1v) is 6.24. The third-order valence-corrected chi connectivity index (χ3v) is 3.91. The van der Waals surface area contributed by atoms with E-state index in [1.54, 1.807) is 0 Å². The maximum atomic E-state index is 11.3. The monoisotopic (exact) mass is 285 g/mol. The highest BCUT2D eigenvalue weighted by molar-refractivity contribution is 7.16. The number of hydrogen-bond acceptors (Lipinski definition) is 7. The predicted octanol–water partition coefficient (Wildman–Crippen LogP) is 0.172. The van der Waals surface area contributed by atoms with Crippen LogP contribution in [0.2, 0.25) is 0 Å². The van der Waals surface area contributed by atoms with Crippen LogP contribution in [0.4, 0.5) is 10.7 Å². The lowest BCUT2D eigenvalue weighted by molar-refractivity contribution is -0.383. The van der Waals surface area contributed by atoms with Gasteiger partial charge in [0.15, 0.2) is 5.00 Å². The Morgan fingerprint density at radius 3 is 2.53 bits per heavy atom. The number of nitro groups is 1. The number of aliphatic hydroxyl groups is 1. The molecule has 1 unspecified atom stereocenters. The largest absolute Gasteiger partial charge is 0.388 e. The average molecular weight is 285 g/mol. The highest BCUT2D eigenvalue weighted by Crippen LogP contribution is 2.40. The molecule has 19 heavy (non-hydrogen) atoms. The average Bonchev–Trinajstić information content (AvgIpc) is 2.72. The Morgan fingerprint density at radius 1 is 1.47 bits per heavy atom. The number of thiophene rings is 1. The second-order valence-electron chi connectivity index (χ2n) is 4.10. The molecule has 2 rings (SSSR count). The zero-order valence-electron chi connectivity index (χ0n) is 9.95. The molecule has 8 nitrogen and oxygen atoms in total. The van der Waals surface area contributed by atoms with Gasteiger partial charge in [-0.3, -0.25) is 25.0 Å². The van der Waals surface area contributed by atoms with Crippen molar-refractivity contribution in [3.63, 3.8) is 0 Å². The van der Waals surface area contributed by atoms with Crippen LogP contribution >= 0.6 is 11.3 Å². The number of amides is 2. The van der Waals surface area contributed by atoms with Gasteiger partial charge < -0.3 is 10.0 Å². The first-order valence-electron chi connectivity index (χ1n) is 5.42. The van der Waals surface area contributed by atoms with Crippen LogP contribution in [-0.2, 0) is 9.59 Å². The molecule has 0 bridgehead atoms.